The van der Waals surface area contributed by atoms with Crippen LogP contribution in [0.15, 0.2) is 252 Å². The topological polar surface area (TPSA) is 16.4 Å². The molecule has 12 aromatic carbocycles. The fourth-order valence-corrected chi connectivity index (χ4v) is 9.46. The molecule has 1 aromatic heterocycles. The summed E-state index contributed by atoms with van der Waals surface area (Å²) < 4.78 is 396. The Balaban J connectivity index is 1.21. The summed E-state index contributed by atoms with van der Waals surface area (Å²) in [4.78, 5) is 0.257. The minimum absolute atomic E-state index is 0.257. The van der Waals surface area contributed by atoms with Crippen molar-refractivity contribution >= 4 is 71.3 Å². The summed E-state index contributed by atoms with van der Waals surface area (Å²) in [6.07, 6.45) is 0. The summed E-state index contributed by atoms with van der Waals surface area (Å²) in [5.41, 5.74) is -19.9. The average molecular weight is 917 g/mol. The Morgan fingerprint density at radius 2 is 0.855 bits per heavy atom. The molecule has 0 amide bonds. The molecule has 0 bridgehead atoms. The first-order valence-electron chi connectivity index (χ1n) is 41.1. The number of hydrogen-bond donors (Lipinski definition) is 0. The quantitative estimate of drug-likeness (QED) is 0.160. The molecule has 1 heterocycles. The van der Waals surface area contributed by atoms with E-state index in [1.807, 2.05) is 0 Å². The van der Waals surface area contributed by atoms with Gasteiger partial charge in [0, 0.05) is 27.5 Å². The summed E-state index contributed by atoms with van der Waals surface area (Å²) in [5.74, 6) is 0. The number of anilines is 3. The van der Waals surface area contributed by atoms with Crippen LogP contribution in [0, 0.1) is 0 Å². The van der Waals surface area contributed by atoms with E-state index in [-0.39, 0.29) is 4.90 Å². The van der Waals surface area contributed by atoms with E-state index in [0.29, 0.717) is 0 Å². The maximum Gasteiger partial charge on any atom is 0.136 e. The highest BCUT2D eigenvalue weighted by atomic mass is 16.3. The van der Waals surface area contributed by atoms with Crippen LogP contribution >= 0.6 is 0 Å². The molecule has 2 aliphatic carbocycles. The van der Waals surface area contributed by atoms with Crippen LogP contribution in [0.4, 0.5) is 17.1 Å². The van der Waals surface area contributed by atoms with Crippen LogP contribution in [0.2, 0.25) is 0 Å². The third-order valence-corrected chi connectivity index (χ3v) is 12.2. The molecular formula is C67H41NO. The fraction of sp³-hybridized carbons (Fsp3) is 0.0149. The van der Waals surface area contributed by atoms with E-state index < -0.39 is 391 Å². The minimum Gasteiger partial charge on any atom is -0.456 e. The van der Waals surface area contributed by atoms with E-state index in [2.05, 4.69) is 0 Å². The minimum atomic E-state index is -3.20. The Hall–Kier alpha value is -8.98. The van der Waals surface area contributed by atoms with E-state index in [1.54, 1.807) is 0 Å². The first kappa shape index (κ1) is 15.8. The van der Waals surface area contributed by atoms with Crippen LogP contribution in [0.25, 0.3) is 98.8 Å². The van der Waals surface area contributed by atoms with Gasteiger partial charge in [-0.2, -0.15) is 0 Å². The highest BCUT2D eigenvalue weighted by Crippen LogP contribution is 2.63. The van der Waals surface area contributed by atoms with Gasteiger partial charge in [-0.15, -0.1) is 0 Å². The molecule has 1 spiro atoms. The smallest absolute Gasteiger partial charge is 0.136 e. The maximum atomic E-state index is 11.0. The lowest BCUT2D eigenvalue weighted by molar-refractivity contribution is 0.669. The van der Waals surface area contributed by atoms with Gasteiger partial charge in [0.1, 0.15) is 11.2 Å². The molecular weight excluding hydrogens is 835 g/mol. The zero-order chi connectivity index (χ0) is 80.9. The first-order valence-corrected chi connectivity index (χ1v) is 20.6. The molecule has 13 aromatic rings. The Bertz CT molecular complexity index is 6610. The summed E-state index contributed by atoms with van der Waals surface area (Å²) in [6, 6.07) is -47.6. The second-order valence-corrected chi connectivity index (χ2v) is 15.5. The van der Waals surface area contributed by atoms with E-state index in [9.17, 15) is 39.8 Å². The summed E-state index contributed by atoms with van der Waals surface area (Å²) >= 11 is 0. The van der Waals surface area contributed by atoms with Gasteiger partial charge >= 0.3 is 0 Å². The lowest BCUT2D eigenvalue weighted by atomic mass is 9.70. The summed E-state index contributed by atoms with van der Waals surface area (Å²) in [5, 5.41) is -6.87. The molecule has 2 nitrogen and oxygen atoms in total. The molecule has 0 unspecified atom stereocenters. The number of furan rings is 1. The van der Waals surface area contributed by atoms with Crippen molar-refractivity contribution in [3.63, 3.8) is 0 Å². The lowest BCUT2D eigenvalue weighted by Gasteiger charge is -2.32. The Kier molecular flexibility index (Phi) is 3.32. The Labute approximate surface area is 457 Å². The van der Waals surface area contributed by atoms with Gasteiger partial charge in [0.15, 0.2) is 0 Å². The number of fused-ring (bicyclic) bond motifs is 17. The summed E-state index contributed by atoms with van der Waals surface area (Å²) in [7, 11) is 0. The molecule has 320 valence electrons. The molecule has 0 N–H and O–H groups in total. The lowest BCUT2D eigenvalue weighted by Crippen LogP contribution is -2.26. The van der Waals surface area contributed by atoms with E-state index in [4.69, 9.17) is 20.9 Å². The molecule has 0 aliphatic heterocycles. The van der Waals surface area contributed by atoms with E-state index >= 15 is 0 Å². The van der Waals surface area contributed by atoms with Crippen LogP contribution in [0.1, 0.15) is 78.5 Å². The molecule has 0 saturated carbocycles. The van der Waals surface area contributed by atoms with Gasteiger partial charge in [-0.3, -0.25) is 0 Å². The van der Waals surface area contributed by atoms with Crippen LogP contribution < -0.4 is 4.90 Å². The van der Waals surface area contributed by atoms with Crippen molar-refractivity contribution in [1.29, 1.82) is 0 Å². The second-order valence-electron chi connectivity index (χ2n) is 15.5. The first-order chi connectivity index (χ1) is 51.3. The maximum absolute atomic E-state index is 11.0. The number of benzene rings is 12. The van der Waals surface area contributed by atoms with Gasteiger partial charge in [0.25, 0.3) is 0 Å². The van der Waals surface area contributed by atoms with E-state index in [0.717, 1.165) is 0 Å². The predicted octanol–water partition coefficient (Wildman–Crippen LogP) is 18.2. The second kappa shape index (κ2) is 14.5. The third-order valence-electron chi connectivity index (χ3n) is 12.2. The number of nitrogens with zero attached hydrogens (tertiary/aromatic N) is 1. The van der Waals surface area contributed by atoms with Gasteiger partial charge in [0.05, 0.1) is 67.3 Å². The normalized spacial score (nSPS) is 21.4. The van der Waals surface area contributed by atoms with Crippen LogP contribution in [-0.4, -0.2) is 0 Å². The van der Waals surface area contributed by atoms with Crippen LogP contribution in [0.5, 0.6) is 0 Å². The molecule has 0 atom stereocenters. The average Bonchev–Trinajstić information content (AvgIpc) is 1.47. The SMILES string of the molecule is [2H]c1c([2H])c([2H])c2c(c1[2H])-c1c([2H])c([2H])c([2H])c([2H])c1C21c2c([2H])c([2H])c([2H])c([2H])c2-c2c([2H])c([2H])c(N(c3c([2H])c([2H])c(-c4c([2H])c([2H])c5c([2H])c([2H])c([2H])c([2H])c5c4-c4c([2H])c([2H])c([2H])c5oc6c([2H])c([2H])c([2H])c([2H])c6c45)c([2H])c3[2H])c3c([2H])c4c([2H])c([2H])c([2H])c([2H])c4c4c([2H])c([2H])c([2H])c([2H])c34)c([2H])c21. The van der Waals surface area contributed by atoms with Crippen molar-refractivity contribution in [2.24, 2.45) is 0 Å². The Morgan fingerprint density at radius 3 is 1.58 bits per heavy atom. The van der Waals surface area contributed by atoms with Gasteiger partial charge < -0.3 is 9.32 Å². The van der Waals surface area contributed by atoms with Crippen LogP contribution in [-0.2, 0) is 5.41 Å². The van der Waals surface area contributed by atoms with Crippen molar-refractivity contribution < 1.29 is 60.6 Å². The molecule has 0 radical (unpaired) electrons. The highest BCUT2D eigenvalue weighted by Gasteiger charge is 2.51. The van der Waals surface area contributed by atoms with Crippen molar-refractivity contribution in [1.82, 2.24) is 0 Å². The van der Waals surface area contributed by atoms with Crippen molar-refractivity contribution in [3.8, 4) is 44.5 Å². The van der Waals surface area contributed by atoms with Crippen molar-refractivity contribution in [3.05, 3.63) is 270 Å². The van der Waals surface area contributed by atoms with Crippen molar-refractivity contribution in [2.75, 3.05) is 4.90 Å². The summed E-state index contributed by atoms with van der Waals surface area (Å²) in [6.45, 7) is 0. The van der Waals surface area contributed by atoms with Gasteiger partial charge in [0.2, 0.25) is 0 Å². The molecule has 69 heavy (non-hydrogen) atoms. The van der Waals surface area contributed by atoms with E-state index in [1.165, 1.54) is 0 Å². The van der Waals surface area contributed by atoms with Gasteiger partial charge in [-0.1, -0.05) is 205 Å². The number of rotatable bonds is 5. The standard InChI is InChI=1S/C67H41NO/c1-4-19-48-42(16-1)34-38-49(65(48)57-26-15-31-64-66(57)56-25-10-14-30-63(56)69-64)43-32-35-45(36-33-43)68(62-40-44-17-2-3-18-47(44)50-20-5-6-24-55(50)62)46-37-39-54-53-23-9-13-29-60(53)67(61(54)41-46)58-27-11-7-21-51(58)52-22-8-12-28-59(52)67/h1-41H/i1D,2D,3D,4D,5D,6D,7D,8D,9D,10D,11D,12D,13D,14D,15D,16D,17D,18D,19D,20D,21D,22D,23D,24D,25D,26D,27D,28D,29D,30D,31D,32D,33D,34D,35D,36D,37D,38D,39D,40D,41D. The molecule has 2 aliphatic rings. The zero-order valence-electron chi connectivity index (χ0n) is 75.4. The molecule has 2 heteroatoms. The highest BCUT2D eigenvalue weighted by molar-refractivity contribution is 6.18. The Morgan fingerprint density at radius 1 is 0.333 bits per heavy atom. The number of para-hydroxylation sites is 1. The third kappa shape index (κ3) is 5.31. The van der Waals surface area contributed by atoms with Crippen LogP contribution in [0.3, 0.4) is 0 Å². The monoisotopic (exact) mass is 917 g/mol. The zero-order valence-corrected chi connectivity index (χ0v) is 34.4. The molecule has 0 fully saturated rings. The molecule has 15 rings (SSSR count). The van der Waals surface area contributed by atoms with Crippen molar-refractivity contribution in [2.45, 2.75) is 5.41 Å². The fourth-order valence-electron chi connectivity index (χ4n) is 9.46. The van der Waals surface area contributed by atoms with Gasteiger partial charge in [-0.25, -0.2) is 0 Å². The largest absolute Gasteiger partial charge is 0.456 e. The molecule has 0 saturated heterocycles. The van der Waals surface area contributed by atoms with Gasteiger partial charge in [-0.05, 0) is 136 Å². The number of hydrogen-bond acceptors (Lipinski definition) is 2. The predicted molar refractivity (Wildman–Crippen MR) is 288 cm³/mol.